The van der Waals surface area contributed by atoms with Gasteiger partial charge in [0.15, 0.2) is 0 Å². The molecule has 2 N–H and O–H groups in total. The third-order valence-electron chi connectivity index (χ3n) is 4.63. The van der Waals surface area contributed by atoms with E-state index in [4.69, 9.17) is 5.73 Å². The summed E-state index contributed by atoms with van der Waals surface area (Å²) in [5, 5.41) is 0. The van der Waals surface area contributed by atoms with E-state index in [9.17, 15) is 0 Å². The fraction of sp³-hybridized carbons (Fsp3) is 0.692. The summed E-state index contributed by atoms with van der Waals surface area (Å²) >= 11 is 5.30. The van der Waals surface area contributed by atoms with Gasteiger partial charge in [-0.1, -0.05) is 27.7 Å². The molecule has 1 saturated carbocycles. The molecule has 1 nitrogen and oxygen atoms in total. The molecule has 1 aromatic rings. The van der Waals surface area contributed by atoms with E-state index in [0.717, 1.165) is 6.42 Å². The second-order valence-corrected chi connectivity index (χ2v) is 8.54. The second-order valence-electron chi connectivity index (χ2n) is 5.99. The van der Waals surface area contributed by atoms with Crippen molar-refractivity contribution < 1.29 is 0 Å². The van der Waals surface area contributed by atoms with Crippen molar-refractivity contribution >= 4 is 27.3 Å². The van der Waals surface area contributed by atoms with Gasteiger partial charge < -0.3 is 5.73 Å². The van der Waals surface area contributed by atoms with Gasteiger partial charge in [0.25, 0.3) is 0 Å². The summed E-state index contributed by atoms with van der Waals surface area (Å²) in [6.07, 6.45) is 1.01. The highest BCUT2D eigenvalue weighted by molar-refractivity contribution is 9.11. The predicted octanol–water partition coefficient (Wildman–Crippen LogP) is 4.06. The quantitative estimate of drug-likeness (QED) is 0.895. The van der Waals surface area contributed by atoms with Crippen LogP contribution in [0.3, 0.4) is 0 Å². The molecule has 1 aromatic heterocycles. The Balaban J connectivity index is 2.03. The zero-order valence-corrected chi connectivity index (χ0v) is 12.8. The highest BCUT2D eigenvalue weighted by atomic mass is 79.9. The first-order chi connectivity index (χ1) is 7.26. The summed E-state index contributed by atoms with van der Waals surface area (Å²) in [5.74, 6) is 0.640. The number of hydrogen-bond acceptors (Lipinski definition) is 2. The van der Waals surface area contributed by atoms with Gasteiger partial charge in [-0.05, 0) is 51.2 Å². The van der Waals surface area contributed by atoms with E-state index >= 15 is 0 Å². The molecule has 0 aliphatic heterocycles. The van der Waals surface area contributed by atoms with Crippen LogP contribution < -0.4 is 5.73 Å². The molecule has 0 aromatic carbocycles. The van der Waals surface area contributed by atoms with Gasteiger partial charge in [0.1, 0.15) is 0 Å². The van der Waals surface area contributed by atoms with Crippen LogP contribution in [0.4, 0.5) is 0 Å². The lowest BCUT2D eigenvalue weighted by molar-refractivity contribution is 0.457. The van der Waals surface area contributed by atoms with Gasteiger partial charge in [-0.15, -0.1) is 11.3 Å². The highest BCUT2D eigenvalue weighted by Crippen LogP contribution is 2.69. The lowest BCUT2D eigenvalue weighted by Gasteiger charge is -2.12. The lowest BCUT2D eigenvalue weighted by Crippen LogP contribution is -2.28. The molecule has 0 bridgehead atoms. The average molecular weight is 302 g/mol. The van der Waals surface area contributed by atoms with Crippen LogP contribution in [0, 0.1) is 16.7 Å². The smallest absolute Gasteiger partial charge is 0.0701 e. The zero-order chi connectivity index (χ0) is 12.1. The number of hydrogen-bond donors (Lipinski definition) is 1. The van der Waals surface area contributed by atoms with Crippen molar-refractivity contribution in [3.05, 3.63) is 20.8 Å². The molecule has 1 heterocycles. The van der Waals surface area contributed by atoms with Gasteiger partial charge in [0, 0.05) is 10.9 Å². The highest BCUT2D eigenvalue weighted by Gasteiger charge is 2.66. The standard InChI is InChI=1S/C13H20BrNS/c1-12(2)11(13(12,3)4)9(15)7-8-5-6-10(14)16-8/h5-6,9,11H,7,15H2,1-4H3. The fourth-order valence-corrected chi connectivity index (χ4v) is 4.68. The number of thiophene rings is 1. The van der Waals surface area contributed by atoms with E-state index in [0.29, 0.717) is 16.7 Å². The Kier molecular flexibility index (Phi) is 3.01. The minimum Gasteiger partial charge on any atom is -0.327 e. The minimum absolute atomic E-state index is 0.288. The van der Waals surface area contributed by atoms with E-state index in [1.54, 1.807) is 11.3 Å². The van der Waals surface area contributed by atoms with Crippen molar-refractivity contribution in [2.75, 3.05) is 0 Å². The summed E-state index contributed by atoms with van der Waals surface area (Å²) in [6.45, 7) is 9.34. The molecule has 0 spiro atoms. The first-order valence-electron chi connectivity index (χ1n) is 5.76. The van der Waals surface area contributed by atoms with Crippen molar-refractivity contribution in [1.29, 1.82) is 0 Å². The van der Waals surface area contributed by atoms with Crippen LogP contribution in [0.2, 0.25) is 0 Å². The maximum absolute atomic E-state index is 6.36. The molecule has 1 unspecified atom stereocenters. The Morgan fingerprint density at radius 3 is 2.25 bits per heavy atom. The maximum atomic E-state index is 6.36. The van der Waals surface area contributed by atoms with Crippen LogP contribution in [-0.4, -0.2) is 6.04 Å². The largest absolute Gasteiger partial charge is 0.327 e. The van der Waals surface area contributed by atoms with Crippen LogP contribution in [0.5, 0.6) is 0 Å². The minimum atomic E-state index is 0.288. The van der Waals surface area contributed by atoms with Crippen LogP contribution in [0.15, 0.2) is 15.9 Å². The van der Waals surface area contributed by atoms with Gasteiger partial charge in [-0.2, -0.15) is 0 Å². The van der Waals surface area contributed by atoms with E-state index < -0.39 is 0 Å². The summed E-state index contributed by atoms with van der Waals surface area (Å²) in [4.78, 5) is 1.39. The monoisotopic (exact) mass is 301 g/mol. The number of halogens is 1. The lowest BCUT2D eigenvalue weighted by atomic mass is 10.0. The third kappa shape index (κ3) is 1.87. The van der Waals surface area contributed by atoms with Crippen LogP contribution >= 0.6 is 27.3 Å². The molecule has 2 rings (SSSR count). The van der Waals surface area contributed by atoms with Crippen molar-refractivity contribution in [1.82, 2.24) is 0 Å². The molecular formula is C13H20BrNS. The van der Waals surface area contributed by atoms with E-state index in [-0.39, 0.29) is 6.04 Å². The molecule has 1 fully saturated rings. The third-order valence-corrected chi connectivity index (χ3v) is 6.27. The molecule has 1 atom stereocenters. The van der Waals surface area contributed by atoms with Crippen LogP contribution in [0.25, 0.3) is 0 Å². The molecule has 1 aliphatic carbocycles. The summed E-state index contributed by atoms with van der Waals surface area (Å²) in [7, 11) is 0. The molecule has 0 saturated heterocycles. The first-order valence-corrected chi connectivity index (χ1v) is 7.37. The average Bonchev–Trinajstić information content (AvgIpc) is 2.44. The molecule has 16 heavy (non-hydrogen) atoms. The van der Waals surface area contributed by atoms with Crippen molar-refractivity contribution in [3.63, 3.8) is 0 Å². The van der Waals surface area contributed by atoms with E-state index in [2.05, 4.69) is 55.8 Å². The van der Waals surface area contributed by atoms with E-state index in [1.807, 2.05) is 0 Å². The van der Waals surface area contributed by atoms with E-state index in [1.165, 1.54) is 8.66 Å². The summed E-state index contributed by atoms with van der Waals surface area (Å²) in [6, 6.07) is 4.57. The zero-order valence-electron chi connectivity index (χ0n) is 10.4. The van der Waals surface area contributed by atoms with Gasteiger partial charge >= 0.3 is 0 Å². The predicted molar refractivity (Wildman–Crippen MR) is 74.8 cm³/mol. The molecular weight excluding hydrogens is 282 g/mol. The first kappa shape index (κ1) is 12.6. The fourth-order valence-electron chi connectivity index (χ4n) is 3.13. The summed E-state index contributed by atoms with van der Waals surface area (Å²) < 4.78 is 1.20. The van der Waals surface area contributed by atoms with Gasteiger partial charge in [0.2, 0.25) is 0 Å². The Bertz CT molecular complexity index is 380. The van der Waals surface area contributed by atoms with Crippen LogP contribution in [0.1, 0.15) is 32.6 Å². The van der Waals surface area contributed by atoms with Gasteiger partial charge in [-0.25, -0.2) is 0 Å². The van der Waals surface area contributed by atoms with Crippen LogP contribution in [-0.2, 0) is 6.42 Å². The Labute approximate surface area is 111 Å². The SMILES string of the molecule is CC1(C)C(C(N)Cc2ccc(Br)s2)C1(C)C. The normalized spacial score (nSPS) is 24.4. The maximum Gasteiger partial charge on any atom is 0.0701 e. The molecule has 0 amide bonds. The second kappa shape index (κ2) is 3.82. The number of rotatable bonds is 3. The Morgan fingerprint density at radius 1 is 1.31 bits per heavy atom. The van der Waals surface area contributed by atoms with Gasteiger partial charge in [-0.3, -0.25) is 0 Å². The molecule has 3 heteroatoms. The Morgan fingerprint density at radius 2 is 1.88 bits per heavy atom. The molecule has 90 valence electrons. The van der Waals surface area contributed by atoms with Crippen molar-refractivity contribution in [3.8, 4) is 0 Å². The van der Waals surface area contributed by atoms with Gasteiger partial charge in [0.05, 0.1) is 3.79 Å². The number of nitrogens with two attached hydrogens (primary N) is 1. The van der Waals surface area contributed by atoms with Crippen molar-refractivity contribution in [2.24, 2.45) is 22.5 Å². The summed E-state index contributed by atoms with van der Waals surface area (Å²) in [5.41, 5.74) is 7.14. The molecule has 1 aliphatic rings. The topological polar surface area (TPSA) is 26.0 Å². The molecule has 0 radical (unpaired) electrons. The van der Waals surface area contributed by atoms with Crippen molar-refractivity contribution in [2.45, 2.75) is 40.2 Å². The Hall–Kier alpha value is 0.140.